The minimum atomic E-state index is 0.521. The standard InChI is InChI=1S/C54H34N8/c1-5-17-35(18-6-1)49-55-50(36-19-7-2-8-20-36)57-53(56-49)39-29-31-47-43(33-39)44-34-40(61-45-27-15-13-25-41(45)42-26-14-16-28-46(42)61)30-32-48(44)62(47)54-59-51(37-21-9-3-10-22-37)58-52(60-54)38-23-11-4-12-24-38/h1-34H. The van der Waals surface area contributed by atoms with Gasteiger partial charge in [-0.15, -0.1) is 0 Å². The highest BCUT2D eigenvalue weighted by Gasteiger charge is 2.21. The Labute approximate surface area is 356 Å². The van der Waals surface area contributed by atoms with Gasteiger partial charge in [0.1, 0.15) is 0 Å². The average Bonchev–Trinajstić information content (AvgIpc) is 3.87. The van der Waals surface area contributed by atoms with Gasteiger partial charge in [-0.3, -0.25) is 4.57 Å². The Hall–Kier alpha value is -8.62. The van der Waals surface area contributed by atoms with Crippen LogP contribution < -0.4 is 0 Å². The van der Waals surface area contributed by atoms with Crippen molar-refractivity contribution >= 4 is 43.6 Å². The van der Waals surface area contributed by atoms with Crippen LogP contribution in [0, 0.1) is 0 Å². The second-order valence-electron chi connectivity index (χ2n) is 15.2. The second kappa shape index (κ2) is 14.6. The van der Waals surface area contributed by atoms with Crippen molar-refractivity contribution in [3.8, 4) is 68.6 Å². The Kier molecular flexibility index (Phi) is 8.31. The lowest BCUT2D eigenvalue weighted by molar-refractivity contribution is 0.953. The van der Waals surface area contributed by atoms with Crippen molar-refractivity contribution in [1.82, 2.24) is 39.0 Å². The molecule has 0 saturated heterocycles. The van der Waals surface area contributed by atoms with Crippen molar-refractivity contribution in [3.05, 3.63) is 206 Å². The number of aromatic nitrogens is 8. The van der Waals surface area contributed by atoms with Gasteiger partial charge in [0.25, 0.3) is 0 Å². The molecule has 8 heteroatoms. The lowest BCUT2D eigenvalue weighted by Gasteiger charge is -2.12. The van der Waals surface area contributed by atoms with Crippen molar-refractivity contribution < 1.29 is 0 Å². The Morgan fingerprint density at radius 1 is 0.242 bits per heavy atom. The summed E-state index contributed by atoms with van der Waals surface area (Å²) in [7, 11) is 0. The fourth-order valence-corrected chi connectivity index (χ4v) is 8.54. The quantitative estimate of drug-likeness (QED) is 0.160. The maximum atomic E-state index is 5.20. The van der Waals surface area contributed by atoms with E-state index < -0.39 is 0 Å². The van der Waals surface area contributed by atoms with Gasteiger partial charge in [-0.1, -0.05) is 158 Å². The molecule has 0 aliphatic heterocycles. The summed E-state index contributed by atoms with van der Waals surface area (Å²) in [5.74, 6) is 3.50. The molecule has 0 N–H and O–H groups in total. The average molecular weight is 795 g/mol. The fraction of sp³-hybridized carbons (Fsp3) is 0. The number of fused-ring (bicyclic) bond motifs is 6. The third kappa shape index (κ3) is 6.00. The lowest BCUT2D eigenvalue weighted by atomic mass is 10.1. The van der Waals surface area contributed by atoms with Gasteiger partial charge in [-0.2, -0.15) is 9.97 Å². The monoisotopic (exact) mass is 794 g/mol. The highest BCUT2D eigenvalue weighted by Crippen LogP contribution is 2.38. The Morgan fingerprint density at radius 2 is 0.597 bits per heavy atom. The largest absolute Gasteiger partial charge is 0.309 e. The van der Waals surface area contributed by atoms with E-state index in [4.69, 9.17) is 29.9 Å². The molecule has 0 saturated carbocycles. The van der Waals surface area contributed by atoms with Gasteiger partial charge in [-0.25, -0.2) is 19.9 Å². The molecule has 0 spiro atoms. The first-order chi connectivity index (χ1) is 30.7. The summed E-state index contributed by atoms with van der Waals surface area (Å²) in [5.41, 5.74) is 9.73. The van der Waals surface area contributed by atoms with Crippen LogP contribution >= 0.6 is 0 Å². The first kappa shape index (κ1) is 35.3. The molecular weight excluding hydrogens is 761 g/mol. The van der Waals surface area contributed by atoms with E-state index in [1.54, 1.807) is 0 Å². The van der Waals surface area contributed by atoms with Crippen molar-refractivity contribution in [2.24, 2.45) is 0 Å². The maximum absolute atomic E-state index is 5.20. The number of para-hydroxylation sites is 2. The predicted molar refractivity (Wildman–Crippen MR) is 249 cm³/mol. The van der Waals surface area contributed by atoms with Crippen LogP contribution in [0.1, 0.15) is 0 Å². The summed E-state index contributed by atoms with van der Waals surface area (Å²) < 4.78 is 4.51. The number of hydrogen-bond acceptors (Lipinski definition) is 6. The molecule has 12 rings (SSSR count). The summed E-state index contributed by atoms with van der Waals surface area (Å²) >= 11 is 0. The Balaban J connectivity index is 1.14. The third-order valence-corrected chi connectivity index (χ3v) is 11.4. The highest BCUT2D eigenvalue weighted by atomic mass is 15.2. The number of hydrogen-bond donors (Lipinski definition) is 0. The minimum Gasteiger partial charge on any atom is -0.309 e. The van der Waals surface area contributed by atoms with Crippen molar-refractivity contribution in [3.63, 3.8) is 0 Å². The predicted octanol–water partition coefficient (Wildman–Crippen LogP) is 12.6. The third-order valence-electron chi connectivity index (χ3n) is 11.4. The number of benzene rings is 8. The van der Waals surface area contributed by atoms with Crippen molar-refractivity contribution in [1.29, 1.82) is 0 Å². The molecule has 4 heterocycles. The Bertz CT molecular complexity index is 3450. The van der Waals surface area contributed by atoms with E-state index in [9.17, 15) is 0 Å². The van der Waals surface area contributed by atoms with E-state index >= 15 is 0 Å². The molecule has 0 fully saturated rings. The van der Waals surface area contributed by atoms with Gasteiger partial charge >= 0.3 is 0 Å². The molecule has 0 radical (unpaired) electrons. The molecule has 0 atom stereocenters. The van der Waals surface area contributed by atoms with Crippen LogP contribution in [0.5, 0.6) is 0 Å². The molecule has 0 aliphatic carbocycles. The molecule has 8 nitrogen and oxygen atoms in total. The van der Waals surface area contributed by atoms with Gasteiger partial charge in [-0.05, 0) is 48.5 Å². The zero-order chi connectivity index (χ0) is 41.0. The number of rotatable bonds is 7. The summed E-state index contributed by atoms with van der Waals surface area (Å²) in [4.78, 5) is 30.6. The highest BCUT2D eigenvalue weighted by molar-refractivity contribution is 6.12. The van der Waals surface area contributed by atoms with Gasteiger partial charge in [0.05, 0.1) is 22.1 Å². The smallest absolute Gasteiger partial charge is 0.238 e. The molecule has 0 amide bonds. The van der Waals surface area contributed by atoms with Crippen molar-refractivity contribution in [2.45, 2.75) is 0 Å². The summed E-state index contributed by atoms with van der Waals surface area (Å²) in [6, 6.07) is 70.6. The van der Waals surface area contributed by atoms with Crippen LogP contribution in [0.25, 0.3) is 112 Å². The SMILES string of the molecule is c1ccc(-c2nc(-c3ccccc3)nc(-c3ccc4c(c3)c3cc(-n5c6ccccc6c6ccccc65)ccc3n4-c3nc(-c4ccccc4)nc(-c4ccccc4)n3)n2)cc1. The van der Waals surface area contributed by atoms with E-state index in [0.717, 1.165) is 66.3 Å². The normalized spacial score (nSPS) is 11.5. The van der Waals surface area contributed by atoms with Gasteiger partial charge < -0.3 is 4.57 Å². The molecular formula is C54H34N8. The molecule has 0 unspecified atom stereocenters. The van der Waals surface area contributed by atoms with E-state index in [1.165, 1.54) is 10.8 Å². The molecule has 290 valence electrons. The summed E-state index contributed by atoms with van der Waals surface area (Å²) in [5, 5.41) is 4.45. The topological polar surface area (TPSA) is 87.2 Å². The summed E-state index contributed by atoms with van der Waals surface area (Å²) in [6.07, 6.45) is 0. The maximum Gasteiger partial charge on any atom is 0.238 e. The fourth-order valence-electron chi connectivity index (χ4n) is 8.54. The second-order valence-corrected chi connectivity index (χ2v) is 15.2. The number of nitrogens with zero attached hydrogens (tertiary/aromatic N) is 8. The Morgan fingerprint density at radius 3 is 1.06 bits per heavy atom. The van der Waals surface area contributed by atoms with E-state index in [0.29, 0.717) is 35.1 Å². The minimum absolute atomic E-state index is 0.521. The van der Waals surface area contributed by atoms with E-state index in [-0.39, 0.29) is 0 Å². The van der Waals surface area contributed by atoms with Crippen LogP contribution in [0.2, 0.25) is 0 Å². The van der Waals surface area contributed by atoms with Crippen LogP contribution in [0.15, 0.2) is 206 Å². The van der Waals surface area contributed by atoms with E-state index in [2.05, 4.69) is 94.1 Å². The molecule has 4 aromatic heterocycles. The van der Waals surface area contributed by atoms with Crippen LogP contribution in [-0.4, -0.2) is 39.0 Å². The molecule has 62 heavy (non-hydrogen) atoms. The van der Waals surface area contributed by atoms with Gasteiger partial charge in [0, 0.05) is 55.0 Å². The molecule has 8 aromatic carbocycles. The first-order valence-electron chi connectivity index (χ1n) is 20.5. The zero-order valence-electron chi connectivity index (χ0n) is 33.2. The molecule has 0 aliphatic rings. The van der Waals surface area contributed by atoms with Crippen LogP contribution in [0.4, 0.5) is 0 Å². The molecule has 12 aromatic rings. The molecule has 0 bridgehead atoms. The van der Waals surface area contributed by atoms with Crippen molar-refractivity contribution in [2.75, 3.05) is 0 Å². The van der Waals surface area contributed by atoms with Gasteiger partial charge in [0.15, 0.2) is 29.1 Å². The van der Waals surface area contributed by atoms with Crippen LogP contribution in [-0.2, 0) is 0 Å². The van der Waals surface area contributed by atoms with Gasteiger partial charge in [0.2, 0.25) is 5.95 Å². The van der Waals surface area contributed by atoms with Crippen LogP contribution in [0.3, 0.4) is 0 Å². The lowest BCUT2D eigenvalue weighted by Crippen LogP contribution is -2.06. The first-order valence-corrected chi connectivity index (χ1v) is 20.5. The van der Waals surface area contributed by atoms with E-state index in [1.807, 2.05) is 121 Å². The zero-order valence-corrected chi connectivity index (χ0v) is 33.2. The summed E-state index contributed by atoms with van der Waals surface area (Å²) in [6.45, 7) is 0.